The molecule has 0 saturated carbocycles. The molecule has 0 fully saturated rings. The maximum absolute atomic E-state index is 11.9. The summed E-state index contributed by atoms with van der Waals surface area (Å²) < 4.78 is 10.5. The third kappa shape index (κ3) is 5.69. The van der Waals surface area contributed by atoms with Gasteiger partial charge in [0, 0.05) is 0 Å². The topological polar surface area (TPSA) is 110 Å². The van der Waals surface area contributed by atoms with Crippen LogP contribution in [-0.4, -0.2) is 30.9 Å². The summed E-state index contributed by atoms with van der Waals surface area (Å²) >= 11 is 0. The summed E-state index contributed by atoms with van der Waals surface area (Å²) in [6, 6.07) is 10.4. The Morgan fingerprint density at radius 1 is 1.04 bits per heavy atom. The highest BCUT2D eigenvalue weighted by Crippen LogP contribution is 2.12. The number of aryl methyl sites for hydroxylation is 2. The Morgan fingerprint density at radius 2 is 1.76 bits per heavy atom. The highest BCUT2D eigenvalue weighted by molar-refractivity contribution is 5.96. The summed E-state index contributed by atoms with van der Waals surface area (Å²) in [5.74, 6) is 0.0859. The molecule has 3 N–H and O–H groups in total. The number of carbonyl (C=O) groups excluding carboxylic acids is 3. The van der Waals surface area contributed by atoms with E-state index in [-0.39, 0.29) is 13.2 Å². The first-order chi connectivity index (χ1) is 12.0. The van der Waals surface area contributed by atoms with Crippen molar-refractivity contribution in [1.29, 1.82) is 0 Å². The summed E-state index contributed by atoms with van der Waals surface area (Å²) in [6.45, 7) is 2.86. The van der Waals surface area contributed by atoms with E-state index in [0.717, 1.165) is 0 Å². The van der Waals surface area contributed by atoms with E-state index in [0.29, 0.717) is 22.8 Å². The summed E-state index contributed by atoms with van der Waals surface area (Å²) in [5.41, 5.74) is 4.80. The minimum atomic E-state index is -0.570. The minimum Gasteiger partial charge on any atom is -0.484 e. The van der Waals surface area contributed by atoms with Crippen molar-refractivity contribution >= 4 is 17.7 Å². The number of benzene rings is 1. The molecule has 0 radical (unpaired) electrons. The molecule has 0 atom stereocenters. The fourth-order valence-electron chi connectivity index (χ4n) is 1.99. The Hall–Kier alpha value is -3.29. The van der Waals surface area contributed by atoms with E-state index >= 15 is 0 Å². The SMILES string of the molecule is Cc1cc(C(=O)NNC(=O)CNC(=O)COc2ccccc2)c(C)o1. The first-order valence-electron chi connectivity index (χ1n) is 7.56. The van der Waals surface area contributed by atoms with Crippen molar-refractivity contribution in [2.24, 2.45) is 0 Å². The standard InChI is InChI=1S/C17H19N3O5/c1-11-8-14(12(2)25-11)17(23)20-19-15(21)9-18-16(22)10-24-13-6-4-3-5-7-13/h3-8H,9-10H2,1-2H3,(H,18,22)(H,19,21)(H,20,23). The predicted molar refractivity (Wildman–Crippen MR) is 88.7 cm³/mol. The average molecular weight is 345 g/mol. The average Bonchev–Trinajstić information content (AvgIpc) is 2.95. The van der Waals surface area contributed by atoms with E-state index < -0.39 is 17.7 Å². The van der Waals surface area contributed by atoms with Crippen LogP contribution in [0.25, 0.3) is 0 Å². The van der Waals surface area contributed by atoms with E-state index in [9.17, 15) is 14.4 Å². The molecule has 1 aromatic heterocycles. The molecule has 8 nitrogen and oxygen atoms in total. The van der Waals surface area contributed by atoms with Crippen LogP contribution in [0.1, 0.15) is 21.9 Å². The van der Waals surface area contributed by atoms with Crippen molar-refractivity contribution in [2.45, 2.75) is 13.8 Å². The molecule has 0 aliphatic carbocycles. The zero-order chi connectivity index (χ0) is 18.2. The van der Waals surface area contributed by atoms with Crippen molar-refractivity contribution < 1.29 is 23.5 Å². The van der Waals surface area contributed by atoms with Gasteiger partial charge >= 0.3 is 0 Å². The van der Waals surface area contributed by atoms with Crippen LogP contribution in [-0.2, 0) is 9.59 Å². The van der Waals surface area contributed by atoms with Crippen molar-refractivity contribution in [1.82, 2.24) is 16.2 Å². The second kappa shape index (κ2) is 8.53. The summed E-state index contributed by atoms with van der Waals surface area (Å²) in [4.78, 5) is 35.1. The maximum atomic E-state index is 11.9. The zero-order valence-corrected chi connectivity index (χ0v) is 13.9. The van der Waals surface area contributed by atoms with E-state index in [1.54, 1.807) is 44.2 Å². The highest BCUT2D eigenvalue weighted by Gasteiger charge is 2.14. The molecule has 25 heavy (non-hydrogen) atoms. The molecule has 1 aromatic carbocycles. The van der Waals surface area contributed by atoms with E-state index in [1.807, 2.05) is 6.07 Å². The number of ether oxygens (including phenoxy) is 1. The van der Waals surface area contributed by atoms with Gasteiger partial charge in [-0.3, -0.25) is 25.2 Å². The quantitative estimate of drug-likeness (QED) is 0.673. The lowest BCUT2D eigenvalue weighted by Crippen LogP contribution is -2.47. The molecule has 2 aromatic rings. The lowest BCUT2D eigenvalue weighted by molar-refractivity contribution is -0.127. The Kier molecular flexibility index (Phi) is 6.16. The van der Waals surface area contributed by atoms with Gasteiger partial charge in [0.1, 0.15) is 17.3 Å². The van der Waals surface area contributed by atoms with Gasteiger partial charge in [-0.2, -0.15) is 0 Å². The smallest absolute Gasteiger partial charge is 0.273 e. The van der Waals surface area contributed by atoms with Crippen molar-refractivity contribution in [3.63, 3.8) is 0 Å². The zero-order valence-electron chi connectivity index (χ0n) is 13.9. The molecule has 8 heteroatoms. The van der Waals surface area contributed by atoms with Gasteiger partial charge in [-0.05, 0) is 32.0 Å². The minimum absolute atomic E-state index is 0.211. The number of furan rings is 1. The third-order valence-corrected chi connectivity index (χ3v) is 3.16. The number of hydrazine groups is 1. The summed E-state index contributed by atoms with van der Waals surface area (Å²) in [6.07, 6.45) is 0. The Morgan fingerprint density at radius 3 is 2.40 bits per heavy atom. The molecule has 2 rings (SSSR count). The van der Waals surface area contributed by atoms with Crippen molar-refractivity contribution in [3.05, 3.63) is 53.5 Å². The number of amides is 3. The van der Waals surface area contributed by atoms with Gasteiger partial charge in [0.15, 0.2) is 6.61 Å². The lowest BCUT2D eigenvalue weighted by Gasteiger charge is -2.09. The predicted octanol–water partition coefficient (Wildman–Crippen LogP) is 0.853. The largest absolute Gasteiger partial charge is 0.484 e. The van der Waals surface area contributed by atoms with E-state index in [1.165, 1.54) is 0 Å². The normalized spacial score (nSPS) is 10.0. The summed E-state index contributed by atoms with van der Waals surface area (Å²) in [7, 11) is 0. The molecule has 0 spiro atoms. The summed E-state index contributed by atoms with van der Waals surface area (Å²) in [5, 5.41) is 2.39. The number of hydrogen-bond acceptors (Lipinski definition) is 5. The monoisotopic (exact) mass is 345 g/mol. The Labute approximate surface area is 144 Å². The van der Waals surface area contributed by atoms with Crippen LogP contribution in [0.2, 0.25) is 0 Å². The van der Waals surface area contributed by atoms with Gasteiger partial charge in [0.25, 0.3) is 17.7 Å². The van der Waals surface area contributed by atoms with Crippen molar-refractivity contribution in [2.75, 3.05) is 13.2 Å². The number of rotatable bonds is 6. The molecule has 0 aliphatic rings. The molecule has 0 aliphatic heterocycles. The fourth-order valence-corrected chi connectivity index (χ4v) is 1.99. The fraction of sp³-hybridized carbons (Fsp3) is 0.235. The van der Waals surface area contributed by atoms with Crippen molar-refractivity contribution in [3.8, 4) is 5.75 Å². The molecule has 0 bridgehead atoms. The Balaban J connectivity index is 1.67. The van der Waals surface area contributed by atoms with E-state index in [2.05, 4.69) is 16.2 Å². The molecular formula is C17H19N3O5. The second-order valence-electron chi connectivity index (χ2n) is 5.21. The maximum Gasteiger partial charge on any atom is 0.273 e. The molecule has 0 unspecified atom stereocenters. The molecule has 132 valence electrons. The van der Waals surface area contributed by atoms with Gasteiger partial charge in [0.05, 0.1) is 12.1 Å². The number of hydrogen-bond donors (Lipinski definition) is 3. The molecular weight excluding hydrogens is 326 g/mol. The molecule has 1 heterocycles. The van der Waals surface area contributed by atoms with Gasteiger partial charge < -0.3 is 14.5 Å². The van der Waals surface area contributed by atoms with Crippen LogP contribution >= 0.6 is 0 Å². The van der Waals surface area contributed by atoms with Gasteiger partial charge in [0.2, 0.25) is 0 Å². The number of carbonyl (C=O) groups is 3. The highest BCUT2D eigenvalue weighted by atomic mass is 16.5. The van der Waals surface area contributed by atoms with Crippen LogP contribution in [0.3, 0.4) is 0 Å². The van der Waals surface area contributed by atoms with Gasteiger partial charge in [-0.15, -0.1) is 0 Å². The van der Waals surface area contributed by atoms with Crippen LogP contribution in [0, 0.1) is 13.8 Å². The molecule has 0 saturated heterocycles. The number of nitrogens with one attached hydrogen (secondary N) is 3. The molecule has 3 amide bonds. The Bertz CT molecular complexity index is 755. The van der Waals surface area contributed by atoms with Gasteiger partial charge in [-0.25, -0.2) is 0 Å². The van der Waals surface area contributed by atoms with Crippen LogP contribution in [0.4, 0.5) is 0 Å². The third-order valence-electron chi connectivity index (χ3n) is 3.16. The number of para-hydroxylation sites is 1. The second-order valence-corrected chi connectivity index (χ2v) is 5.21. The van der Waals surface area contributed by atoms with Gasteiger partial charge in [-0.1, -0.05) is 18.2 Å². The first-order valence-corrected chi connectivity index (χ1v) is 7.56. The van der Waals surface area contributed by atoms with Crippen LogP contribution < -0.4 is 20.9 Å². The lowest BCUT2D eigenvalue weighted by atomic mass is 10.2. The van der Waals surface area contributed by atoms with Crippen LogP contribution in [0.5, 0.6) is 5.75 Å². The first kappa shape index (κ1) is 18.1. The van der Waals surface area contributed by atoms with Crippen LogP contribution in [0.15, 0.2) is 40.8 Å². The van der Waals surface area contributed by atoms with E-state index in [4.69, 9.17) is 9.15 Å².